The fraction of sp³-hybridized carbons (Fsp3) is 0.857. The fourth-order valence-electron chi connectivity index (χ4n) is 7.38. The molecule has 23 heavy (non-hydrogen) atoms. The van der Waals surface area contributed by atoms with E-state index in [-0.39, 0.29) is 11.5 Å². The third-order valence-electron chi connectivity index (χ3n) is 8.58. The molecule has 0 spiro atoms. The van der Waals surface area contributed by atoms with Crippen molar-refractivity contribution in [2.24, 2.45) is 34.5 Å². The van der Waals surface area contributed by atoms with E-state index in [1.54, 1.807) is 5.57 Å². The normalized spacial score (nSPS) is 52.2. The summed E-state index contributed by atoms with van der Waals surface area (Å²) in [5.41, 5.74) is 2.12. The number of rotatable bonds is 1. The molecule has 4 aliphatic carbocycles. The van der Waals surface area contributed by atoms with E-state index in [9.17, 15) is 9.90 Å². The van der Waals surface area contributed by atoms with Gasteiger partial charge in [-0.05, 0) is 86.9 Å². The molecule has 1 N–H and O–H groups in total. The Morgan fingerprint density at radius 2 is 1.87 bits per heavy atom. The van der Waals surface area contributed by atoms with Crippen molar-refractivity contribution in [3.05, 3.63) is 11.6 Å². The van der Waals surface area contributed by atoms with Gasteiger partial charge in [-0.25, -0.2) is 0 Å². The summed E-state index contributed by atoms with van der Waals surface area (Å²) in [4.78, 5) is 12.2. The molecule has 4 aliphatic rings. The van der Waals surface area contributed by atoms with Crippen LogP contribution in [0.25, 0.3) is 0 Å². The highest BCUT2D eigenvalue weighted by Gasteiger charge is 2.59. The molecule has 128 valence electrons. The van der Waals surface area contributed by atoms with Gasteiger partial charge in [-0.3, -0.25) is 4.79 Å². The average molecular weight is 316 g/mol. The van der Waals surface area contributed by atoms with Crippen LogP contribution >= 0.6 is 0 Å². The molecule has 0 heterocycles. The quantitative estimate of drug-likeness (QED) is 0.722. The molecule has 7 atom stereocenters. The first-order chi connectivity index (χ1) is 10.9. The lowest BCUT2D eigenvalue weighted by Gasteiger charge is -2.58. The number of hydrogen-bond acceptors (Lipinski definition) is 2. The summed E-state index contributed by atoms with van der Waals surface area (Å²) in [6, 6.07) is 0. The fourth-order valence-corrected chi connectivity index (χ4v) is 7.38. The van der Waals surface area contributed by atoms with Crippen LogP contribution in [-0.2, 0) is 4.79 Å². The number of ketones is 1. The molecule has 0 radical (unpaired) electrons. The first-order valence-electron chi connectivity index (χ1n) is 9.76. The standard InChI is InChI=1S/C21H32O2/c1-13(22)17-6-7-18-16-5-4-14-12-15(23)8-10-20(14,2)19(16)9-11-21(17,18)3/h12,15-19,23H,4-11H2,1-3H3/t15-,16-,17+,18-,19-,20-,21+/m0/s1. The molecule has 0 unspecified atom stereocenters. The van der Waals surface area contributed by atoms with Crippen LogP contribution < -0.4 is 0 Å². The van der Waals surface area contributed by atoms with Gasteiger partial charge in [-0.2, -0.15) is 0 Å². The topological polar surface area (TPSA) is 37.3 Å². The predicted molar refractivity (Wildman–Crippen MR) is 91.9 cm³/mol. The van der Waals surface area contributed by atoms with E-state index in [4.69, 9.17) is 0 Å². The zero-order valence-corrected chi connectivity index (χ0v) is 15.0. The van der Waals surface area contributed by atoms with Gasteiger partial charge >= 0.3 is 0 Å². The number of aliphatic hydroxyl groups excluding tert-OH is 1. The Morgan fingerprint density at radius 1 is 1.09 bits per heavy atom. The number of Topliss-reactive ketones (excluding diaryl/α,β-unsaturated/α-hetero) is 1. The van der Waals surface area contributed by atoms with Gasteiger partial charge < -0.3 is 5.11 Å². The zero-order chi connectivity index (χ0) is 16.4. The van der Waals surface area contributed by atoms with Crippen molar-refractivity contribution in [1.29, 1.82) is 0 Å². The van der Waals surface area contributed by atoms with E-state index >= 15 is 0 Å². The van der Waals surface area contributed by atoms with E-state index in [1.165, 1.54) is 32.1 Å². The predicted octanol–water partition coefficient (Wildman–Crippen LogP) is 4.52. The van der Waals surface area contributed by atoms with Crippen LogP contribution in [-0.4, -0.2) is 17.0 Å². The van der Waals surface area contributed by atoms with Gasteiger partial charge in [0.05, 0.1) is 6.10 Å². The van der Waals surface area contributed by atoms with Gasteiger partial charge in [0.1, 0.15) is 5.78 Å². The minimum Gasteiger partial charge on any atom is -0.389 e. The highest BCUT2D eigenvalue weighted by Crippen LogP contribution is 2.66. The number of hydrogen-bond donors (Lipinski definition) is 1. The van der Waals surface area contributed by atoms with Crippen molar-refractivity contribution < 1.29 is 9.90 Å². The van der Waals surface area contributed by atoms with E-state index in [0.717, 1.165) is 37.0 Å². The molecule has 2 nitrogen and oxygen atoms in total. The minimum absolute atomic E-state index is 0.211. The van der Waals surface area contributed by atoms with Crippen LogP contribution in [0.4, 0.5) is 0 Å². The van der Waals surface area contributed by atoms with E-state index in [1.807, 2.05) is 6.92 Å². The van der Waals surface area contributed by atoms with E-state index < -0.39 is 0 Å². The summed E-state index contributed by atoms with van der Waals surface area (Å²) >= 11 is 0. The second kappa shape index (κ2) is 5.18. The summed E-state index contributed by atoms with van der Waals surface area (Å²) in [6.07, 6.45) is 11.4. The Hall–Kier alpha value is -0.630. The summed E-state index contributed by atoms with van der Waals surface area (Å²) in [7, 11) is 0. The maximum absolute atomic E-state index is 12.2. The molecule has 0 bridgehead atoms. The number of carbonyl (C=O) groups excluding carboxylic acids is 1. The highest BCUT2D eigenvalue weighted by molar-refractivity contribution is 5.79. The molecule has 0 aromatic rings. The molecule has 4 rings (SSSR count). The average Bonchev–Trinajstić information content (AvgIpc) is 2.85. The highest BCUT2D eigenvalue weighted by atomic mass is 16.3. The van der Waals surface area contributed by atoms with Gasteiger partial charge in [0.15, 0.2) is 0 Å². The maximum Gasteiger partial charge on any atom is 0.133 e. The van der Waals surface area contributed by atoms with Crippen LogP contribution in [0.2, 0.25) is 0 Å². The largest absolute Gasteiger partial charge is 0.389 e. The Balaban J connectivity index is 1.66. The number of carbonyl (C=O) groups is 1. The van der Waals surface area contributed by atoms with Gasteiger partial charge in [0.2, 0.25) is 0 Å². The van der Waals surface area contributed by atoms with Crippen molar-refractivity contribution in [3.8, 4) is 0 Å². The van der Waals surface area contributed by atoms with Gasteiger partial charge in [0.25, 0.3) is 0 Å². The van der Waals surface area contributed by atoms with E-state index in [2.05, 4.69) is 19.9 Å². The lowest BCUT2D eigenvalue weighted by molar-refractivity contribution is -0.127. The Kier molecular flexibility index (Phi) is 3.58. The third kappa shape index (κ3) is 2.13. The molecule has 0 aromatic carbocycles. The first kappa shape index (κ1) is 15.9. The molecule has 0 aromatic heterocycles. The number of allylic oxidation sites excluding steroid dienone is 1. The smallest absolute Gasteiger partial charge is 0.133 e. The van der Waals surface area contributed by atoms with Gasteiger partial charge in [0, 0.05) is 5.92 Å². The van der Waals surface area contributed by atoms with E-state index in [0.29, 0.717) is 17.1 Å². The van der Waals surface area contributed by atoms with Crippen LogP contribution in [0.3, 0.4) is 0 Å². The van der Waals surface area contributed by atoms with Crippen LogP contribution in [0, 0.1) is 34.5 Å². The Morgan fingerprint density at radius 3 is 2.61 bits per heavy atom. The summed E-state index contributed by atoms with van der Waals surface area (Å²) in [6.45, 7) is 6.71. The van der Waals surface area contributed by atoms with Crippen molar-refractivity contribution in [1.82, 2.24) is 0 Å². The summed E-state index contributed by atoms with van der Waals surface area (Å²) < 4.78 is 0. The van der Waals surface area contributed by atoms with Crippen molar-refractivity contribution in [2.45, 2.75) is 78.2 Å². The molecular formula is C21H32O2. The lowest BCUT2D eigenvalue weighted by atomic mass is 9.46. The first-order valence-corrected chi connectivity index (χ1v) is 9.76. The van der Waals surface area contributed by atoms with Crippen molar-refractivity contribution in [2.75, 3.05) is 0 Å². The van der Waals surface area contributed by atoms with Crippen LogP contribution in [0.5, 0.6) is 0 Å². The second-order valence-corrected chi connectivity index (χ2v) is 9.42. The van der Waals surface area contributed by atoms with Crippen LogP contribution in [0.15, 0.2) is 11.6 Å². The molecule has 2 heteroatoms. The minimum atomic E-state index is -0.211. The maximum atomic E-state index is 12.2. The summed E-state index contributed by atoms with van der Waals surface area (Å²) in [5, 5.41) is 10.0. The Bertz CT molecular complexity index is 550. The van der Waals surface area contributed by atoms with Crippen molar-refractivity contribution >= 4 is 5.78 Å². The number of fused-ring (bicyclic) bond motifs is 5. The number of aliphatic hydroxyl groups is 1. The monoisotopic (exact) mass is 316 g/mol. The molecular weight excluding hydrogens is 284 g/mol. The molecule has 3 saturated carbocycles. The SMILES string of the molecule is CC(=O)[C@H]1CC[C@H]2[C@@H]3CCC4=C[C@@H](O)CC[C@]4(C)[C@H]3CC[C@]12C. The van der Waals surface area contributed by atoms with Gasteiger partial charge in [-0.15, -0.1) is 0 Å². The lowest BCUT2D eigenvalue weighted by Crippen LogP contribution is -2.51. The molecule has 0 saturated heterocycles. The van der Waals surface area contributed by atoms with Gasteiger partial charge in [-0.1, -0.05) is 25.5 Å². The van der Waals surface area contributed by atoms with Crippen molar-refractivity contribution in [3.63, 3.8) is 0 Å². The Labute approximate surface area is 140 Å². The molecule has 0 aliphatic heterocycles. The summed E-state index contributed by atoms with van der Waals surface area (Å²) in [5.74, 6) is 3.07. The zero-order valence-electron chi connectivity index (χ0n) is 15.0. The third-order valence-corrected chi connectivity index (χ3v) is 8.58. The second-order valence-electron chi connectivity index (χ2n) is 9.42. The molecule has 0 amide bonds. The molecule has 3 fully saturated rings. The van der Waals surface area contributed by atoms with Crippen LogP contribution in [0.1, 0.15) is 72.1 Å².